The molecule has 0 radical (unpaired) electrons. The number of rotatable bonds is 9. The highest BCUT2D eigenvalue weighted by Crippen LogP contribution is 2.22. The van der Waals surface area contributed by atoms with Crippen LogP contribution in [0.25, 0.3) is 0 Å². The van der Waals surface area contributed by atoms with Crippen LogP contribution in [0.3, 0.4) is 0 Å². The molecule has 0 aromatic carbocycles. The smallest absolute Gasteiger partial charge is 0.194 e. The Labute approximate surface area is 184 Å². The predicted molar refractivity (Wildman–Crippen MR) is 120 cm³/mol. The van der Waals surface area contributed by atoms with Crippen molar-refractivity contribution in [1.29, 1.82) is 0 Å². The highest BCUT2D eigenvalue weighted by molar-refractivity contribution is 14.0. The zero-order chi connectivity index (χ0) is 18.1. The molecule has 0 amide bonds. The molecular formula is C16H26BrIN6OS. The van der Waals surface area contributed by atoms with E-state index in [0.29, 0.717) is 13.2 Å². The molecule has 0 fully saturated rings. The molecule has 2 aromatic heterocycles. The average Bonchev–Trinajstić information content (AvgIpc) is 3.22. The first kappa shape index (κ1) is 23.3. The number of hydrogen-bond acceptors (Lipinski definition) is 5. The van der Waals surface area contributed by atoms with Crippen LogP contribution in [0.4, 0.5) is 0 Å². The van der Waals surface area contributed by atoms with Gasteiger partial charge in [0.1, 0.15) is 12.2 Å². The van der Waals surface area contributed by atoms with Crippen molar-refractivity contribution in [3.63, 3.8) is 0 Å². The van der Waals surface area contributed by atoms with Crippen molar-refractivity contribution in [2.75, 3.05) is 33.9 Å². The van der Waals surface area contributed by atoms with Crippen LogP contribution in [0.1, 0.15) is 17.6 Å². The van der Waals surface area contributed by atoms with Gasteiger partial charge >= 0.3 is 0 Å². The lowest BCUT2D eigenvalue weighted by molar-refractivity contribution is 0.207. The molecule has 2 aromatic rings. The summed E-state index contributed by atoms with van der Waals surface area (Å²) in [4.78, 5) is 8.04. The first-order valence-corrected chi connectivity index (χ1v) is 9.84. The maximum Gasteiger partial charge on any atom is 0.194 e. The summed E-state index contributed by atoms with van der Waals surface area (Å²) >= 11 is 5.25. The fraction of sp³-hybridized carbons (Fsp3) is 0.562. The fourth-order valence-electron chi connectivity index (χ4n) is 2.33. The topological polar surface area (TPSA) is 67.6 Å². The minimum absolute atomic E-state index is 0. The van der Waals surface area contributed by atoms with Crippen LogP contribution in [-0.2, 0) is 24.2 Å². The lowest BCUT2D eigenvalue weighted by Crippen LogP contribution is -2.40. The molecule has 2 rings (SSSR count). The number of hydrogen-bond donors (Lipinski definition) is 1. The number of halogens is 2. The van der Waals surface area contributed by atoms with Gasteiger partial charge in [-0.25, -0.2) is 0 Å². The van der Waals surface area contributed by atoms with E-state index in [1.165, 1.54) is 4.88 Å². The Kier molecular flexibility index (Phi) is 11.3. The van der Waals surface area contributed by atoms with Crippen molar-refractivity contribution in [2.24, 2.45) is 4.99 Å². The van der Waals surface area contributed by atoms with Gasteiger partial charge in [0, 0.05) is 38.5 Å². The number of aliphatic imine (C=N–C) groups is 1. The standard InChI is InChI=1S/C16H25BrN6OS.HI/c1-4-15-21-20-12-23(15)9-7-18-16(19-8-10-24-3)22(2)11-13-5-6-14(17)25-13;/h5-6,12H,4,7-11H2,1-3H3,(H,18,19);1H. The lowest BCUT2D eigenvalue weighted by atomic mass is 10.4. The minimum Gasteiger partial charge on any atom is -0.383 e. The van der Waals surface area contributed by atoms with Gasteiger partial charge in [0.05, 0.1) is 23.5 Å². The molecule has 0 aliphatic carbocycles. The van der Waals surface area contributed by atoms with Crippen LogP contribution in [0.2, 0.25) is 0 Å². The Morgan fingerprint density at radius 2 is 2.27 bits per heavy atom. The predicted octanol–water partition coefficient (Wildman–Crippen LogP) is 3.01. The lowest BCUT2D eigenvalue weighted by Gasteiger charge is -2.22. The van der Waals surface area contributed by atoms with Crippen LogP contribution in [0.15, 0.2) is 27.2 Å². The molecule has 0 aliphatic heterocycles. The summed E-state index contributed by atoms with van der Waals surface area (Å²) in [6.45, 7) is 5.69. The number of ether oxygens (including phenoxy) is 1. The second kappa shape index (κ2) is 12.6. The molecular weight excluding hydrogens is 531 g/mol. The number of thiophene rings is 1. The van der Waals surface area contributed by atoms with Crippen LogP contribution < -0.4 is 5.32 Å². The molecule has 1 N–H and O–H groups in total. The van der Waals surface area contributed by atoms with E-state index in [9.17, 15) is 0 Å². The first-order valence-electron chi connectivity index (χ1n) is 8.23. The third-order valence-corrected chi connectivity index (χ3v) is 5.20. The maximum atomic E-state index is 5.11. The number of nitrogens with zero attached hydrogens (tertiary/aromatic N) is 5. The van der Waals surface area contributed by atoms with Crippen LogP contribution in [-0.4, -0.2) is 59.5 Å². The molecule has 0 atom stereocenters. The SMILES string of the molecule is CCc1nncn1CCNC(=NCCOC)N(C)Cc1ccc(Br)s1.I. The maximum absolute atomic E-state index is 5.11. The molecule has 0 unspecified atom stereocenters. The molecule has 0 saturated heterocycles. The van der Waals surface area contributed by atoms with Gasteiger partial charge in [0.25, 0.3) is 0 Å². The summed E-state index contributed by atoms with van der Waals surface area (Å²) in [7, 11) is 3.73. The summed E-state index contributed by atoms with van der Waals surface area (Å²) in [5.41, 5.74) is 0. The van der Waals surface area contributed by atoms with Gasteiger partial charge in [0.2, 0.25) is 0 Å². The van der Waals surface area contributed by atoms with Gasteiger partial charge < -0.3 is 19.5 Å². The Morgan fingerprint density at radius 3 is 2.92 bits per heavy atom. The summed E-state index contributed by atoms with van der Waals surface area (Å²) in [6.07, 6.45) is 2.65. The molecule has 0 bridgehead atoms. The van der Waals surface area contributed by atoms with Crippen molar-refractivity contribution >= 4 is 57.2 Å². The zero-order valence-electron chi connectivity index (χ0n) is 15.3. The first-order chi connectivity index (χ1) is 12.1. The molecule has 0 spiro atoms. The van der Waals surface area contributed by atoms with Gasteiger partial charge in [-0.3, -0.25) is 4.99 Å². The van der Waals surface area contributed by atoms with Crippen molar-refractivity contribution < 1.29 is 4.74 Å². The number of guanidine groups is 1. The number of aryl methyl sites for hydroxylation is 1. The second-order valence-corrected chi connectivity index (χ2v) is 8.03. The largest absolute Gasteiger partial charge is 0.383 e. The molecule has 0 saturated carbocycles. The van der Waals surface area contributed by atoms with E-state index in [1.807, 2.05) is 7.05 Å². The van der Waals surface area contributed by atoms with Gasteiger partial charge in [0.15, 0.2) is 5.96 Å². The molecule has 26 heavy (non-hydrogen) atoms. The van der Waals surface area contributed by atoms with E-state index < -0.39 is 0 Å². The molecule has 0 aliphatic rings. The average molecular weight is 557 g/mol. The van der Waals surface area contributed by atoms with E-state index >= 15 is 0 Å². The number of methoxy groups -OCH3 is 1. The van der Waals surface area contributed by atoms with Crippen LogP contribution >= 0.6 is 51.2 Å². The van der Waals surface area contributed by atoms with Gasteiger partial charge in [-0.15, -0.1) is 45.5 Å². The Morgan fingerprint density at radius 1 is 1.46 bits per heavy atom. The molecule has 146 valence electrons. The second-order valence-electron chi connectivity index (χ2n) is 5.48. The summed E-state index contributed by atoms with van der Waals surface area (Å²) in [5, 5.41) is 11.5. The van der Waals surface area contributed by atoms with Gasteiger partial charge in [-0.05, 0) is 28.1 Å². The minimum atomic E-state index is 0. The summed E-state index contributed by atoms with van der Waals surface area (Å²) in [5.74, 6) is 1.86. The van der Waals surface area contributed by atoms with Gasteiger partial charge in [-0.2, -0.15) is 0 Å². The van der Waals surface area contributed by atoms with Crippen LogP contribution in [0, 0.1) is 0 Å². The highest BCUT2D eigenvalue weighted by Gasteiger charge is 2.09. The molecule has 2 heterocycles. The van der Waals surface area contributed by atoms with E-state index in [4.69, 9.17) is 4.74 Å². The van der Waals surface area contributed by atoms with Crippen molar-refractivity contribution in [1.82, 2.24) is 25.0 Å². The number of nitrogens with one attached hydrogen (secondary N) is 1. The molecule has 7 nitrogen and oxygen atoms in total. The highest BCUT2D eigenvalue weighted by atomic mass is 127. The van der Waals surface area contributed by atoms with E-state index in [1.54, 1.807) is 24.8 Å². The van der Waals surface area contributed by atoms with Crippen molar-refractivity contribution in [3.8, 4) is 0 Å². The quantitative estimate of drug-likeness (QED) is 0.223. The summed E-state index contributed by atoms with van der Waals surface area (Å²) < 4.78 is 8.31. The van der Waals surface area contributed by atoms with Crippen molar-refractivity contribution in [2.45, 2.75) is 26.4 Å². The fourth-order valence-corrected chi connectivity index (χ4v) is 3.86. The number of aromatic nitrogens is 3. The summed E-state index contributed by atoms with van der Waals surface area (Å²) in [6, 6.07) is 4.20. The van der Waals surface area contributed by atoms with E-state index in [2.05, 4.69) is 65.0 Å². The normalized spacial score (nSPS) is 11.3. The third kappa shape index (κ3) is 7.49. The molecule has 10 heteroatoms. The zero-order valence-corrected chi connectivity index (χ0v) is 20.0. The van der Waals surface area contributed by atoms with Crippen LogP contribution in [0.5, 0.6) is 0 Å². The van der Waals surface area contributed by atoms with E-state index in [-0.39, 0.29) is 24.0 Å². The Bertz CT molecular complexity index is 677. The van der Waals surface area contributed by atoms with E-state index in [0.717, 1.165) is 41.6 Å². The van der Waals surface area contributed by atoms with Gasteiger partial charge in [-0.1, -0.05) is 6.92 Å². The monoisotopic (exact) mass is 556 g/mol. The Hall–Kier alpha value is -0.720. The Balaban J connectivity index is 0.00000338. The van der Waals surface area contributed by atoms with Crippen molar-refractivity contribution in [3.05, 3.63) is 32.9 Å². The third-order valence-electron chi connectivity index (χ3n) is 3.59.